The molecule has 0 aromatic rings. The van der Waals surface area contributed by atoms with Crippen LogP contribution in [-0.4, -0.2) is 37.2 Å². The van der Waals surface area contributed by atoms with Gasteiger partial charge in [-0.05, 0) is 83.5 Å². The largest absolute Gasteiger partial charge is 0.462 e. The first-order valence-corrected chi connectivity index (χ1v) is 34.9. The lowest BCUT2D eigenvalue weighted by molar-refractivity contribution is -0.167. The van der Waals surface area contributed by atoms with E-state index in [9.17, 15) is 14.4 Å². The van der Waals surface area contributed by atoms with Crippen LogP contribution in [0.15, 0.2) is 72.9 Å². The van der Waals surface area contributed by atoms with E-state index in [2.05, 4.69) is 93.7 Å². The van der Waals surface area contributed by atoms with Crippen molar-refractivity contribution in [2.45, 2.75) is 367 Å². The normalized spacial score (nSPS) is 12.5. The molecule has 80 heavy (non-hydrogen) atoms. The second-order valence-corrected chi connectivity index (χ2v) is 23.4. The van der Waals surface area contributed by atoms with E-state index in [0.29, 0.717) is 19.3 Å². The Morgan fingerprint density at radius 1 is 0.263 bits per heavy atom. The first-order chi connectivity index (χ1) is 39.5. The minimum atomic E-state index is -0.780. The van der Waals surface area contributed by atoms with Crippen molar-refractivity contribution in [2.75, 3.05) is 13.2 Å². The van der Waals surface area contributed by atoms with Gasteiger partial charge in [-0.3, -0.25) is 14.4 Å². The van der Waals surface area contributed by atoms with Crippen LogP contribution in [0.25, 0.3) is 0 Å². The molecule has 0 aliphatic rings. The Hall–Kier alpha value is -3.15. The van der Waals surface area contributed by atoms with Crippen molar-refractivity contribution in [3.05, 3.63) is 72.9 Å². The molecular formula is C74H132O6. The van der Waals surface area contributed by atoms with Crippen molar-refractivity contribution in [2.24, 2.45) is 0 Å². The highest BCUT2D eigenvalue weighted by Gasteiger charge is 2.19. The predicted molar refractivity (Wildman–Crippen MR) is 348 cm³/mol. The van der Waals surface area contributed by atoms with Crippen LogP contribution in [0.2, 0.25) is 0 Å². The van der Waals surface area contributed by atoms with Gasteiger partial charge in [-0.2, -0.15) is 0 Å². The van der Waals surface area contributed by atoms with Gasteiger partial charge in [0.2, 0.25) is 0 Å². The summed E-state index contributed by atoms with van der Waals surface area (Å²) in [7, 11) is 0. The van der Waals surface area contributed by atoms with E-state index in [-0.39, 0.29) is 31.1 Å². The van der Waals surface area contributed by atoms with E-state index < -0.39 is 6.10 Å². The highest BCUT2D eigenvalue weighted by Crippen LogP contribution is 2.18. The lowest BCUT2D eigenvalue weighted by atomic mass is 10.0. The molecular weight excluding hydrogens is 985 g/mol. The quantitative estimate of drug-likeness (QED) is 0.0261. The molecule has 464 valence electrons. The number of carbonyl (C=O) groups excluding carboxylic acids is 3. The number of hydrogen-bond donors (Lipinski definition) is 0. The molecule has 1 unspecified atom stereocenters. The van der Waals surface area contributed by atoms with Crippen LogP contribution < -0.4 is 0 Å². The van der Waals surface area contributed by atoms with Gasteiger partial charge in [-0.15, -0.1) is 0 Å². The molecule has 0 saturated heterocycles. The Kier molecular flexibility index (Phi) is 65.7. The summed E-state index contributed by atoms with van der Waals surface area (Å²) in [6.45, 7) is 6.51. The van der Waals surface area contributed by atoms with E-state index in [1.165, 1.54) is 212 Å². The lowest BCUT2D eigenvalue weighted by Crippen LogP contribution is -2.30. The maximum Gasteiger partial charge on any atom is 0.306 e. The topological polar surface area (TPSA) is 78.9 Å². The number of rotatable bonds is 64. The van der Waals surface area contributed by atoms with Crippen LogP contribution in [0.4, 0.5) is 0 Å². The average Bonchev–Trinajstić information content (AvgIpc) is 3.46. The smallest absolute Gasteiger partial charge is 0.306 e. The maximum atomic E-state index is 12.9. The Labute approximate surface area is 497 Å². The third kappa shape index (κ3) is 65.7. The Morgan fingerprint density at radius 2 is 0.512 bits per heavy atom. The highest BCUT2D eigenvalue weighted by atomic mass is 16.6. The second-order valence-electron chi connectivity index (χ2n) is 23.4. The van der Waals surface area contributed by atoms with Crippen LogP contribution in [-0.2, 0) is 28.6 Å². The molecule has 0 rings (SSSR count). The van der Waals surface area contributed by atoms with Crippen molar-refractivity contribution < 1.29 is 28.6 Å². The Bertz CT molecular complexity index is 1470. The van der Waals surface area contributed by atoms with Crippen LogP contribution in [0.1, 0.15) is 361 Å². The zero-order valence-corrected chi connectivity index (χ0v) is 53.3. The van der Waals surface area contributed by atoms with Crippen molar-refractivity contribution >= 4 is 17.9 Å². The molecule has 0 spiro atoms. The van der Waals surface area contributed by atoms with E-state index >= 15 is 0 Å². The summed E-state index contributed by atoms with van der Waals surface area (Å²) in [6.07, 6.45) is 89.3. The summed E-state index contributed by atoms with van der Waals surface area (Å²) in [4.78, 5) is 38.4. The van der Waals surface area contributed by atoms with E-state index in [1.54, 1.807) is 0 Å². The number of allylic oxidation sites excluding steroid dienone is 12. The minimum absolute atomic E-state index is 0.0760. The van der Waals surface area contributed by atoms with Crippen LogP contribution >= 0.6 is 0 Å². The monoisotopic (exact) mass is 1120 g/mol. The van der Waals surface area contributed by atoms with E-state index in [4.69, 9.17) is 14.2 Å². The van der Waals surface area contributed by atoms with Gasteiger partial charge >= 0.3 is 17.9 Å². The van der Waals surface area contributed by atoms with Crippen molar-refractivity contribution in [3.8, 4) is 0 Å². The summed E-state index contributed by atoms with van der Waals surface area (Å²) in [6, 6.07) is 0. The van der Waals surface area contributed by atoms with Gasteiger partial charge < -0.3 is 14.2 Å². The molecule has 1 atom stereocenters. The highest BCUT2D eigenvalue weighted by molar-refractivity contribution is 5.71. The zero-order chi connectivity index (χ0) is 57.8. The van der Waals surface area contributed by atoms with Crippen LogP contribution in [0.5, 0.6) is 0 Å². The summed E-state index contributed by atoms with van der Waals surface area (Å²) < 4.78 is 17.0. The standard InChI is InChI=1S/C74H132O6/c1-4-7-10-13-16-19-22-25-27-29-31-33-35-36-37-38-39-41-42-44-46-49-52-55-58-61-64-67-73(76)79-70-71(69-78-72(75)66-63-60-57-54-51-48-24-21-18-15-12-9-6-3)80-74(77)68-65-62-59-56-53-50-47-45-43-40-34-32-30-28-26-23-20-17-14-11-8-5-2/h7,10,12,15-16,19,21,24-25,27,31,33,71H,4-6,8-9,11,13-14,17-18,20,22-23,26,28-30,32,34-70H2,1-3H3/b10-7-,15-12-,19-16-,24-21-,27-25-,33-31-. The summed E-state index contributed by atoms with van der Waals surface area (Å²) in [5.74, 6) is -0.869. The molecule has 0 aromatic heterocycles. The minimum Gasteiger partial charge on any atom is -0.462 e. The van der Waals surface area contributed by atoms with Crippen molar-refractivity contribution in [3.63, 3.8) is 0 Å². The van der Waals surface area contributed by atoms with Crippen LogP contribution in [0, 0.1) is 0 Å². The van der Waals surface area contributed by atoms with Gasteiger partial charge in [0, 0.05) is 19.3 Å². The molecule has 0 saturated carbocycles. The zero-order valence-electron chi connectivity index (χ0n) is 53.3. The molecule has 0 aliphatic carbocycles. The van der Waals surface area contributed by atoms with Gasteiger partial charge in [0.1, 0.15) is 13.2 Å². The predicted octanol–water partition coefficient (Wildman–Crippen LogP) is 24.1. The van der Waals surface area contributed by atoms with Gasteiger partial charge in [-0.25, -0.2) is 0 Å². The average molecular weight is 1120 g/mol. The molecule has 0 heterocycles. The first kappa shape index (κ1) is 76.9. The summed E-state index contributed by atoms with van der Waals surface area (Å²) in [5.41, 5.74) is 0. The molecule has 0 radical (unpaired) electrons. The molecule has 0 N–H and O–H groups in total. The van der Waals surface area contributed by atoms with Gasteiger partial charge in [-0.1, -0.05) is 331 Å². The fraction of sp³-hybridized carbons (Fsp3) is 0.797. The SMILES string of the molecule is CC/C=C\C/C=C\C/C=C\C/C=C\CCCCCCCCCCCCCCCCC(=O)OCC(COC(=O)CCCCCCC/C=C\C/C=C\CCC)OC(=O)CCCCCCCCCCCCCCCCCCCCCCCC. The Morgan fingerprint density at radius 3 is 0.812 bits per heavy atom. The van der Waals surface area contributed by atoms with Gasteiger partial charge in [0.25, 0.3) is 0 Å². The van der Waals surface area contributed by atoms with Gasteiger partial charge in [0.05, 0.1) is 0 Å². The number of carbonyl (C=O) groups is 3. The molecule has 0 aromatic carbocycles. The van der Waals surface area contributed by atoms with Crippen molar-refractivity contribution in [1.29, 1.82) is 0 Å². The molecule has 0 fully saturated rings. The third-order valence-electron chi connectivity index (χ3n) is 15.4. The number of ether oxygens (including phenoxy) is 3. The fourth-order valence-electron chi connectivity index (χ4n) is 10.2. The molecule has 0 aliphatic heterocycles. The molecule has 0 amide bonds. The van der Waals surface area contributed by atoms with Gasteiger partial charge in [0.15, 0.2) is 6.10 Å². The molecule has 6 heteroatoms. The van der Waals surface area contributed by atoms with E-state index in [0.717, 1.165) is 109 Å². The maximum absolute atomic E-state index is 12.9. The second kappa shape index (κ2) is 68.3. The Balaban J connectivity index is 4.24. The summed E-state index contributed by atoms with van der Waals surface area (Å²) in [5, 5.41) is 0. The fourth-order valence-corrected chi connectivity index (χ4v) is 10.2. The lowest BCUT2D eigenvalue weighted by Gasteiger charge is -2.18. The molecule has 0 bridgehead atoms. The van der Waals surface area contributed by atoms with Crippen molar-refractivity contribution in [1.82, 2.24) is 0 Å². The number of esters is 3. The number of hydrogen-bond acceptors (Lipinski definition) is 6. The first-order valence-electron chi connectivity index (χ1n) is 34.9. The van der Waals surface area contributed by atoms with E-state index in [1.807, 2.05) is 0 Å². The summed E-state index contributed by atoms with van der Waals surface area (Å²) >= 11 is 0. The third-order valence-corrected chi connectivity index (χ3v) is 15.4. The number of unbranched alkanes of at least 4 members (excludes halogenated alkanes) is 41. The van der Waals surface area contributed by atoms with Crippen LogP contribution in [0.3, 0.4) is 0 Å². The molecule has 6 nitrogen and oxygen atoms in total.